The molecule has 2 N–H and O–H groups in total. The highest BCUT2D eigenvalue weighted by molar-refractivity contribution is 7.11. The van der Waals surface area contributed by atoms with Crippen LogP contribution >= 0.6 is 11.3 Å². The summed E-state index contributed by atoms with van der Waals surface area (Å²) in [6.45, 7) is 4.28. The normalized spacial score (nSPS) is 24.3. The number of likely N-dealkylation sites (tertiary alicyclic amines) is 1. The summed E-state index contributed by atoms with van der Waals surface area (Å²) in [5.41, 5.74) is 0.927. The Balaban J connectivity index is 1.19. The first-order valence-corrected chi connectivity index (χ1v) is 17.0. The lowest BCUT2D eigenvalue weighted by Gasteiger charge is -2.38. The number of carbonyl (C=O) groups is 3. The summed E-state index contributed by atoms with van der Waals surface area (Å²) in [6, 6.07) is 8.62. The zero-order chi connectivity index (χ0) is 33.7. The van der Waals surface area contributed by atoms with Gasteiger partial charge in [-0.05, 0) is 73.6 Å². The van der Waals surface area contributed by atoms with Crippen LogP contribution in [0, 0.1) is 18.7 Å². The minimum atomic E-state index is -2.07. The number of amidine groups is 1. The van der Waals surface area contributed by atoms with Gasteiger partial charge in [0.2, 0.25) is 0 Å². The molecule has 3 atom stereocenters. The van der Waals surface area contributed by atoms with Crippen LogP contribution in [-0.4, -0.2) is 77.1 Å². The van der Waals surface area contributed by atoms with Crippen molar-refractivity contribution in [2.75, 3.05) is 37.7 Å². The number of aliphatic imine (C=N–C) groups is 1. The van der Waals surface area contributed by atoms with E-state index in [9.17, 15) is 23.9 Å². The quantitative estimate of drug-likeness (QED) is 0.299. The van der Waals surface area contributed by atoms with Crippen LogP contribution in [0.25, 0.3) is 0 Å². The minimum Gasteiger partial charge on any atom is -0.478 e. The number of anilines is 1. The lowest BCUT2D eigenvalue weighted by atomic mass is 9.84. The standard InChI is InChI=1S/C35H35F2N5O5S/c1-3-47-33(45)28-27(39-30(31-38-12-14-48-31)40-29(28)23-5-4-6-26(36)19(23)2)18-41-13-11-35(37)21(16-41)17-42(34(35)46)22-9-10-24(32(43)44)25(15-22)20-7-8-20/h4-6,9-10,12,14-15,20-21,29H,3,7-8,11,13,16-18H2,1-2H3,(H,39,40)(H,43,44)/t21-,29-,35+/m0/s1. The van der Waals surface area contributed by atoms with E-state index < -0.39 is 41.3 Å². The van der Waals surface area contributed by atoms with E-state index >= 15 is 4.39 Å². The summed E-state index contributed by atoms with van der Waals surface area (Å²) in [6.07, 6.45) is 3.37. The van der Waals surface area contributed by atoms with E-state index in [2.05, 4.69) is 10.3 Å². The van der Waals surface area contributed by atoms with Crippen LogP contribution in [0.2, 0.25) is 0 Å². The molecule has 48 heavy (non-hydrogen) atoms. The Hall–Kier alpha value is -4.49. The second kappa shape index (κ2) is 12.5. The van der Waals surface area contributed by atoms with Gasteiger partial charge in [-0.15, -0.1) is 11.3 Å². The zero-order valence-electron chi connectivity index (χ0n) is 26.5. The molecule has 0 unspecified atom stereocenters. The molecule has 0 radical (unpaired) electrons. The predicted octanol–water partition coefficient (Wildman–Crippen LogP) is 5.15. The van der Waals surface area contributed by atoms with Crippen molar-refractivity contribution in [1.29, 1.82) is 0 Å². The third-order valence-electron chi connectivity index (χ3n) is 9.76. The minimum absolute atomic E-state index is 0.0441. The molecule has 4 heterocycles. The number of rotatable bonds is 9. The molecule has 2 aromatic carbocycles. The number of aromatic nitrogens is 1. The lowest BCUT2D eigenvalue weighted by molar-refractivity contribution is -0.139. The fourth-order valence-corrected chi connectivity index (χ4v) is 7.67. The van der Waals surface area contributed by atoms with Gasteiger partial charge in [0, 0.05) is 61.5 Å². The molecule has 4 aliphatic rings. The number of hydrogen-bond acceptors (Lipinski definition) is 9. The number of fused-ring (bicyclic) bond motifs is 1. The van der Waals surface area contributed by atoms with E-state index in [1.807, 2.05) is 10.3 Å². The fourth-order valence-electron chi connectivity index (χ4n) is 7.08. The molecule has 2 saturated heterocycles. The van der Waals surface area contributed by atoms with Crippen LogP contribution < -0.4 is 10.2 Å². The van der Waals surface area contributed by atoms with Gasteiger partial charge in [0.05, 0.1) is 17.7 Å². The van der Waals surface area contributed by atoms with E-state index in [-0.39, 0.29) is 56.3 Å². The molecular weight excluding hydrogens is 640 g/mol. The van der Waals surface area contributed by atoms with Crippen molar-refractivity contribution >= 4 is 40.7 Å². The highest BCUT2D eigenvalue weighted by Crippen LogP contribution is 2.46. The van der Waals surface area contributed by atoms with Gasteiger partial charge in [-0.25, -0.2) is 23.4 Å². The number of ether oxygens (including phenoxy) is 1. The fraction of sp³-hybridized carbons (Fsp3) is 0.400. The highest BCUT2D eigenvalue weighted by Gasteiger charge is 2.57. The van der Waals surface area contributed by atoms with E-state index in [4.69, 9.17) is 9.73 Å². The maximum atomic E-state index is 16.6. The molecular formula is C35H35F2N5O5S. The molecule has 3 fully saturated rings. The number of carboxylic acids is 1. The molecule has 1 saturated carbocycles. The van der Waals surface area contributed by atoms with Crippen LogP contribution in [0.15, 0.2) is 64.2 Å². The molecule has 1 aliphatic carbocycles. The van der Waals surface area contributed by atoms with Crippen LogP contribution in [0.1, 0.15) is 70.2 Å². The first-order valence-electron chi connectivity index (χ1n) is 16.1. The van der Waals surface area contributed by atoms with Crippen molar-refractivity contribution in [2.24, 2.45) is 10.9 Å². The third-order valence-corrected chi connectivity index (χ3v) is 10.5. The summed E-state index contributed by atoms with van der Waals surface area (Å²) in [4.78, 5) is 51.7. The van der Waals surface area contributed by atoms with Crippen LogP contribution in [0.4, 0.5) is 14.5 Å². The zero-order valence-corrected chi connectivity index (χ0v) is 27.4. The van der Waals surface area contributed by atoms with Gasteiger partial charge in [0.1, 0.15) is 11.9 Å². The van der Waals surface area contributed by atoms with E-state index in [0.717, 1.165) is 12.8 Å². The maximum Gasteiger partial charge on any atom is 0.338 e. The second-order valence-electron chi connectivity index (χ2n) is 12.7. The van der Waals surface area contributed by atoms with Gasteiger partial charge >= 0.3 is 11.9 Å². The van der Waals surface area contributed by atoms with Gasteiger partial charge in [-0.2, -0.15) is 0 Å². The summed E-state index contributed by atoms with van der Waals surface area (Å²) >= 11 is 1.37. The monoisotopic (exact) mass is 675 g/mol. The number of nitrogens with zero attached hydrogens (tertiary/aromatic N) is 4. The number of amides is 1. The average molecular weight is 676 g/mol. The van der Waals surface area contributed by atoms with Gasteiger partial charge in [0.15, 0.2) is 16.5 Å². The SMILES string of the molecule is CCOC(=O)C1=C(CN2CC[C@]3(F)C(=O)N(c4ccc(C(=O)O)c(C5CC5)c4)C[C@@H]3C2)NC(c2nccs2)=N[C@H]1c1cccc(F)c1C. The van der Waals surface area contributed by atoms with E-state index in [1.54, 1.807) is 44.3 Å². The van der Waals surface area contributed by atoms with Crippen LogP contribution in [0.3, 0.4) is 0 Å². The number of carboxylic acid groups (broad SMARTS) is 1. The topological polar surface area (TPSA) is 124 Å². The molecule has 0 bridgehead atoms. The molecule has 13 heteroatoms. The molecule has 3 aliphatic heterocycles. The number of thiazole rings is 1. The molecule has 1 aromatic heterocycles. The van der Waals surface area contributed by atoms with Gasteiger partial charge in [0.25, 0.3) is 5.91 Å². The maximum absolute atomic E-state index is 16.6. The van der Waals surface area contributed by atoms with Gasteiger partial charge < -0.3 is 20.1 Å². The Labute approximate surface area is 280 Å². The van der Waals surface area contributed by atoms with Gasteiger partial charge in [-0.1, -0.05) is 12.1 Å². The van der Waals surface area contributed by atoms with Crippen LogP contribution in [0.5, 0.6) is 0 Å². The Bertz CT molecular complexity index is 1860. The smallest absolute Gasteiger partial charge is 0.338 e. The molecule has 1 amide bonds. The first kappa shape index (κ1) is 32.1. The van der Waals surface area contributed by atoms with Crippen molar-refractivity contribution < 1.29 is 33.0 Å². The number of carbonyl (C=O) groups excluding carboxylic acids is 2. The molecule has 3 aromatic rings. The Morgan fingerprint density at radius 2 is 2.00 bits per heavy atom. The van der Waals surface area contributed by atoms with E-state index in [0.29, 0.717) is 38.9 Å². The number of halogens is 2. The number of alkyl halides is 1. The average Bonchev–Trinajstić information content (AvgIpc) is 3.70. The number of hydrogen-bond donors (Lipinski definition) is 2. The van der Waals surface area contributed by atoms with Crippen molar-refractivity contribution in [3.8, 4) is 0 Å². The van der Waals surface area contributed by atoms with E-state index in [1.165, 1.54) is 28.4 Å². The molecule has 10 nitrogen and oxygen atoms in total. The van der Waals surface area contributed by atoms with Crippen molar-refractivity contribution in [1.82, 2.24) is 15.2 Å². The number of benzene rings is 2. The summed E-state index contributed by atoms with van der Waals surface area (Å²) in [7, 11) is 0. The number of aromatic carboxylic acids is 1. The van der Waals surface area contributed by atoms with Crippen molar-refractivity contribution in [2.45, 2.75) is 50.7 Å². The molecule has 7 rings (SSSR count). The van der Waals surface area contributed by atoms with Crippen LogP contribution in [-0.2, 0) is 14.3 Å². The van der Waals surface area contributed by atoms with Gasteiger partial charge in [-0.3, -0.25) is 14.7 Å². The lowest BCUT2D eigenvalue weighted by Crippen LogP contribution is -2.52. The summed E-state index contributed by atoms with van der Waals surface area (Å²) in [5.74, 6) is -2.75. The molecule has 0 spiro atoms. The van der Waals surface area contributed by atoms with Crippen molar-refractivity contribution in [3.05, 3.63) is 92.3 Å². The predicted molar refractivity (Wildman–Crippen MR) is 175 cm³/mol. The third kappa shape index (κ3) is 5.68. The summed E-state index contributed by atoms with van der Waals surface area (Å²) in [5, 5.41) is 15.4. The largest absolute Gasteiger partial charge is 0.478 e. The Morgan fingerprint density at radius 1 is 1.19 bits per heavy atom. The number of piperidine rings is 1. The highest BCUT2D eigenvalue weighted by atomic mass is 32.1. The molecule has 250 valence electrons. The number of nitrogens with one attached hydrogen (secondary N) is 1. The Kier molecular flexibility index (Phi) is 8.36. The second-order valence-corrected chi connectivity index (χ2v) is 13.6. The summed E-state index contributed by atoms with van der Waals surface area (Å²) < 4.78 is 36.9. The first-order chi connectivity index (χ1) is 23.1. The number of esters is 1. The van der Waals surface area contributed by atoms with Crippen molar-refractivity contribution in [3.63, 3.8) is 0 Å². The Morgan fingerprint density at radius 3 is 2.71 bits per heavy atom.